The minimum atomic E-state index is -0.849. The van der Waals surface area contributed by atoms with E-state index in [4.69, 9.17) is 4.74 Å². The number of aryl methyl sites for hydroxylation is 1. The van der Waals surface area contributed by atoms with Crippen LogP contribution in [-0.2, 0) is 11.8 Å². The van der Waals surface area contributed by atoms with Gasteiger partial charge in [-0.15, -0.1) is 11.3 Å². The molecule has 2 N–H and O–H groups in total. The number of hydrogen-bond donors (Lipinski definition) is 2. The fourth-order valence-corrected chi connectivity index (χ4v) is 4.39. The number of rotatable bonds is 7. The second-order valence-corrected chi connectivity index (χ2v) is 11.0. The van der Waals surface area contributed by atoms with Crippen molar-refractivity contribution >= 4 is 34.9 Å². The zero-order chi connectivity index (χ0) is 28.3. The minimum Gasteiger partial charge on any atom is -0.444 e. The minimum absolute atomic E-state index is 0.205. The summed E-state index contributed by atoms with van der Waals surface area (Å²) in [7, 11) is 1.76. The lowest BCUT2D eigenvalue weighted by molar-refractivity contribution is 0.0461. The molecule has 0 aliphatic heterocycles. The average molecular weight is 551 g/mol. The number of amides is 2. The topological polar surface area (TPSA) is 146 Å². The summed E-state index contributed by atoms with van der Waals surface area (Å²) < 4.78 is 8.05. The summed E-state index contributed by atoms with van der Waals surface area (Å²) in [4.78, 5) is 47.1. The van der Waals surface area contributed by atoms with Crippen LogP contribution in [0.4, 0.5) is 10.5 Å². The van der Waals surface area contributed by atoms with Gasteiger partial charge in [-0.1, -0.05) is 19.9 Å². The van der Waals surface area contributed by atoms with Crippen LogP contribution in [0.2, 0.25) is 0 Å². The lowest BCUT2D eigenvalue weighted by Crippen LogP contribution is -2.48. The van der Waals surface area contributed by atoms with Crippen molar-refractivity contribution in [3.63, 3.8) is 0 Å². The molecule has 4 heterocycles. The largest absolute Gasteiger partial charge is 0.444 e. The number of nitrogens with one attached hydrogen (secondary N) is 2. The highest BCUT2D eigenvalue weighted by molar-refractivity contribution is 7.13. The number of ether oxygens (including phenoxy) is 1. The highest BCUT2D eigenvalue weighted by atomic mass is 32.1. The van der Waals surface area contributed by atoms with Gasteiger partial charge in [0.2, 0.25) is 0 Å². The maximum atomic E-state index is 13.1. The van der Waals surface area contributed by atoms with Gasteiger partial charge < -0.3 is 15.4 Å². The highest BCUT2D eigenvalue weighted by Gasteiger charge is 2.29. The van der Waals surface area contributed by atoms with Crippen LogP contribution in [0.5, 0.6) is 0 Å². The smallest absolute Gasteiger partial charge is 0.408 e. The first-order valence-corrected chi connectivity index (χ1v) is 13.1. The predicted octanol–water partition coefficient (Wildman–Crippen LogP) is 4.24. The number of pyridine rings is 1. The normalized spacial score (nSPS) is 12.3. The first kappa shape index (κ1) is 27.6. The van der Waals surface area contributed by atoms with Gasteiger partial charge in [-0.25, -0.2) is 14.5 Å². The lowest BCUT2D eigenvalue weighted by Gasteiger charge is -2.24. The number of carbonyl (C=O) groups is 3. The molecule has 0 unspecified atom stereocenters. The van der Waals surface area contributed by atoms with E-state index in [0.29, 0.717) is 27.6 Å². The van der Waals surface area contributed by atoms with Gasteiger partial charge in [0.1, 0.15) is 28.0 Å². The van der Waals surface area contributed by atoms with E-state index < -0.39 is 29.6 Å². The van der Waals surface area contributed by atoms with E-state index in [1.807, 2.05) is 26.0 Å². The van der Waals surface area contributed by atoms with Crippen molar-refractivity contribution < 1.29 is 19.1 Å². The van der Waals surface area contributed by atoms with Crippen LogP contribution in [0, 0.1) is 5.92 Å². The van der Waals surface area contributed by atoms with E-state index in [2.05, 4.69) is 30.8 Å². The van der Waals surface area contributed by atoms with Crippen LogP contribution in [0.3, 0.4) is 0 Å². The van der Waals surface area contributed by atoms with Crippen molar-refractivity contribution in [1.82, 2.24) is 34.8 Å². The van der Waals surface area contributed by atoms with Crippen molar-refractivity contribution in [2.75, 3.05) is 5.32 Å². The number of anilines is 1. The number of aromatic nitrogens is 6. The van der Waals surface area contributed by atoms with Crippen LogP contribution < -0.4 is 10.6 Å². The van der Waals surface area contributed by atoms with E-state index in [9.17, 15) is 14.4 Å². The van der Waals surface area contributed by atoms with E-state index in [1.54, 1.807) is 56.3 Å². The maximum absolute atomic E-state index is 13.1. The van der Waals surface area contributed by atoms with Crippen LogP contribution in [0.15, 0.2) is 48.4 Å². The first-order chi connectivity index (χ1) is 18.4. The van der Waals surface area contributed by atoms with Crippen LogP contribution >= 0.6 is 11.3 Å². The van der Waals surface area contributed by atoms with Gasteiger partial charge in [-0.05, 0) is 38.8 Å². The molecule has 4 rings (SSSR count). The molecule has 4 aromatic heterocycles. The molecule has 0 spiro atoms. The Morgan fingerprint density at radius 3 is 2.56 bits per heavy atom. The highest BCUT2D eigenvalue weighted by Crippen LogP contribution is 2.27. The molecule has 13 heteroatoms. The molecule has 39 heavy (non-hydrogen) atoms. The van der Waals surface area contributed by atoms with Crippen LogP contribution in [0.1, 0.15) is 49.9 Å². The average Bonchev–Trinajstić information content (AvgIpc) is 3.61. The number of alkyl carbamates (subject to hydrolysis) is 1. The molecule has 0 aromatic carbocycles. The molecule has 0 radical (unpaired) electrons. The maximum Gasteiger partial charge on any atom is 0.408 e. The van der Waals surface area contributed by atoms with Gasteiger partial charge in [0.25, 0.3) is 11.8 Å². The predicted molar refractivity (Wildman–Crippen MR) is 146 cm³/mol. The van der Waals surface area contributed by atoms with Crippen molar-refractivity contribution in [3.8, 4) is 22.0 Å². The Bertz CT molecular complexity index is 1480. The fourth-order valence-electron chi connectivity index (χ4n) is 3.61. The lowest BCUT2D eigenvalue weighted by atomic mass is 10.0. The summed E-state index contributed by atoms with van der Waals surface area (Å²) >= 11 is 1.24. The first-order valence-electron chi connectivity index (χ1n) is 12.2. The summed E-state index contributed by atoms with van der Waals surface area (Å²) in [5, 5.41) is 16.2. The molecule has 0 bridgehead atoms. The zero-order valence-corrected chi connectivity index (χ0v) is 23.3. The Morgan fingerprint density at radius 1 is 1.13 bits per heavy atom. The third-order valence-electron chi connectivity index (χ3n) is 5.38. The van der Waals surface area contributed by atoms with Gasteiger partial charge in [0, 0.05) is 36.6 Å². The molecule has 0 aliphatic rings. The van der Waals surface area contributed by atoms with Gasteiger partial charge in [0.15, 0.2) is 0 Å². The molecule has 4 aromatic rings. The summed E-state index contributed by atoms with van der Waals surface area (Å²) in [6, 6.07) is 4.61. The Labute approximate surface area is 229 Å². The quantitative estimate of drug-likeness (QED) is 0.347. The third kappa shape index (κ3) is 6.74. The van der Waals surface area contributed by atoms with Gasteiger partial charge in [0.05, 0.1) is 17.6 Å². The molecule has 0 saturated heterocycles. The summed E-state index contributed by atoms with van der Waals surface area (Å²) in [5.41, 5.74) is 1.75. The number of nitrogens with zero attached hydrogens (tertiary/aromatic N) is 6. The Morgan fingerprint density at radius 2 is 1.90 bits per heavy atom. The van der Waals surface area contributed by atoms with Crippen molar-refractivity contribution in [3.05, 3.63) is 54.1 Å². The van der Waals surface area contributed by atoms with E-state index in [-0.39, 0.29) is 11.6 Å². The molecule has 0 aliphatic carbocycles. The third-order valence-corrected chi connectivity index (χ3v) is 6.27. The van der Waals surface area contributed by atoms with Crippen LogP contribution in [-0.4, -0.2) is 59.1 Å². The molecule has 204 valence electrons. The summed E-state index contributed by atoms with van der Waals surface area (Å²) in [5.74, 6) is -1.04. The second kappa shape index (κ2) is 11.2. The summed E-state index contributed by atoms with van der Waals surface area (Å²) in [6.45, 7) is 8.88. The Hall–Kier alpha value is -4.39. The SMILES string of the molecule is CC(C)[C@H](NC(=O)OC(C)(C)C)C(=O)n1cc(-c2nc(C(=O)Nc3cn(C)nc3-c3ccccn3)cs2)cn1. The molecule has 1 atom stereocenters. The monoisotopic (exact) mass is 550 g/mol. The molecule has 12 nitrogen and oxygen atoms in total. The number of thiazole rings is 1. The van der Waals surface area contributed by atoms with Gasteiger partial charge in [-0.3, -0.25) is 19.3 Å². The van der Waals surface area contributed by atoms with E-state index in [0.717, 1.165) is 4.68 Å². The molecular formula is C26H30N8O4S. The standard InChI is InChI=1S/C26H30N8O4S/c1-15(2)20(31-25(37)38-26(3,4)5)24(36)34-12-16(11-28-34)23-30-19(14-39-23)22(35)29-18-13-33(6)32-21(18)17-9-7-8-10-27-17/h7-15,20H,1-6H3,(H,29,35)(H,31,37)/t20-/m0/s1. The van der Waals surface area contributed by atoms with E-state index >= 15 is 0 Å². The zero-order valence-electron chi connectivity index (χ0n) is 22.5. The molecule has 0 fully saturated rings. The van der Waals surface area contributed by atoms with Gasteiger partial charge in [-0.2, -0.15) is 10.2 Å². The van der Waals surface area contributed by atoms with Crippen LogP contribution in [0.25, 0.3) is 22.0 Å². The molecule has 0 saturated carbocycles. The van der Waals surface area contributed by atoms with Gasteiger partial charge >= 0.3 is 6.09 Å². The second-order valence-electron chi connectivity index (χ2n) is 10.2. The molecule has 2 amide bonds. The number of carbonyl (C=O) groups excluding carboxylic acids is 3. The Balaban J connectivity index is 1.47. The Kier molecular flexibility index (Phi) is 7.90. The van der Waals surface area contributed by atoms with Crippen molar-refractivity contribution in [2.45, 2.75) is 46.3 Å². The van der Waals surface area contributed by atoms with Crippen molar-refractivity contribution in [2.24, 2.45) is 13.0 Å². The van der Waals surface area contributed by atoms with Crippen molar-refractivity contribution in [1.29, 1.82) is 0 Å². The van der Waals surface area contributed by atoms with E-state index in [1.165, 1.54) is 23.7 Å². The number of hydrogen-bond acceptors (Lipinski definition) is 9. The fraction of sp³-hybridized carbons (Fsp3) is 0.346. The molecular weight excluding hydrogens is 520 g/mol. The summed E-state index contributed by atoms with van der Waals surface area (Å²) in [6.07, 6.45) is 5.68.